The Bertz CT molecular complexity index is 1170. The number of para-hydroxylation sites is 1. The summed E-state index contributed by atoms with van der Waals surface area (Å²) >= 11 is 0. The Labute approximate surface area is 172 Å². The molecule has 30 heavy (non-hydrogen) atoms. The van der Waals surface area contributed by atoms with Gasteiger partial charge in [0, 0.05) is 0 Å². The molecule has 0 aromatic heterocycles. The summed E-state index contributed by atoms with van der Waals surface area (Å²) in [4.78, 5) is 39.4. The summed E-state index contributed by atoms with van der Waals surface area (Å²) in [6.45, 7) is 3.49. The maximum atomic E-state index is 13.1. The molecule has 6 heteroatoms. The van der Waals surface area contributed by atoms with Crippen LogP contribution in [0.25, 0.3) is 0 Å². The molecule has 0 unspecified atom stereocenters. The molecular weight excluding hydrogens is 385 g/mol. The number of aryl methyl sites for hydroxylation is 1. The largest absolute Gasteiger partial charge is 0.454 e. The highest BCUT2D eigenvalue weighted by Crippen LogP contribution is 2.31. The van der Waals surface area contributed by atoms with Crippen molar-refractivity contribution in [3.63, 3.8) is 0 Å². The van der Waals surface area contributed by atoms with Crippen LogP contribution >= 0.6 is 0 Å². The van der Waals surface area contributed by atoms with Crippen LogP contribution in [0, 0.1) is 12.7 Å². The second-order valence-corrected chi connectivity index (χ2v) is 7.09. The maximum absolute atomic E-state index is 13.1. The van der Waals surface area contributed by atoms with E-state index in [-0.39, 0.29) is 22.5 Å². The summed E-state index contributed by atoms with van der Waals surface area (Å²) in [6, 6.07) is 17.1. The molecule has 0 radical (unpaired) electrons. The summed E-state index contributed by atoms with van der Waals surface area (Å²) in [5.41, 5.74) is 2.51. The lowest BCUT2D eigenvalue weighted by Crippen LogP contribution is -2.29. The number of carbonyl (C=O) groups excluding carboxylic acids is 3. The highest BCUT2D eigenvalue weighted by molar-refractivity contribution is 6.34. The van der Waals surface area contributed by atoms with Gasteiger partial charge in [-0.1, -0.05) is 30.3 Å². The molecule has 2 amide bonds. The van der Waals surface area contributed by atoms with E-state index in [4.69, 9.17) is 4.74 Å². The zero-order valence-electron chi connectivity index (χ0n) is 16.4. The monoisotopic (exact) mass is 403 g/mol. The van der Waals surface area contributed by atoms with Crippen molar-refractivity contribution in [1.82, 2.24) is 0 Å². The molecule has 0 bridgehead atoms. The molecule has 0 spiro atoms. The lowest BCUT2D eigenvalue weighted by molar-refractivity contribution is 0.0337. The average molecular weight is 403 g/mol. The number of hydrogen-bond donors (Lipinski definition) is 0. The van der Waals surface area contributed by atoms with E-state index in [0.717, 1.165) is 10.5 Å². The van der Waals surface area contributed by atoms with Crippen LogP contribution in [0.2, 0.25) is 0 Å². The number of fused-ring (bicyclic) bond motifs is 1. The fourth-order valence-electron chi connectivity index (χ4n) is 3.43. The summed E-state index contributed by atoms with van der Waals surface area (Å²) in [6.07, 6.45) is -0.604. The minimum atomic E-state index is -0.635. The van der Waals surface area contributed by atoms with Crippen molar-refractivity contribution in [1.29, 1.82) is 0 Å². The number of anilines is 1. The number of halogens is 1. The minimum absolute atomic E-state index is 0.159. The van der Waals surface area contributed by atoms with Crippen molar-refractivity contribution in [2.45, 2.75) is 20.0 Å². The van der Waals surface area contributed by atoms with Gasteiger partial charge in [0.2, 0.25) is 0 Å². The summed E-state index contributed by atoms with van der Waals surface area (Å²) < 4.78 is 18.5. The topological polar surface area (TPSA) is 63.7 Å². The zero-order chi connectivity index (χ0) is 21.4. The van der Waals surface area contributed by atoms with Crippen LogP contribution in [0.1, 0.15) is 55.2 Å². The van der Waals surface area contributed by atoms with E-state index in [1.165, 1.54) is 42.5 Å². The Hall–Kier alpha value is -3.80. The molecule has 1 heterocycles. The summed E-state index contributed by atoms with van der Waals surface area (Å²) in [5, 5.41) is 0. The van der Waals surface area contributed by atoms with E-state index in [0.29, 0.717) is 11.3 Å². The molecule has 0 N–H and O–H groups in total. The number of nitrogens with zero attached hydrogens (tertiary/aromatic N) is 1. The predicted molar refractivity (Wildman–Crippen MR) is 109 cm³/mol. The number of benzene rings is 3. The van der Waals surface area contributed by atoms with Gasteiger partial charge in [0.1, 0.15) is 11.9 Å². The number of esters is 1. The lowest BCUT2D eigenvalue weighted by Gasteiger charge is -2.16. The Morgan fingerprint density at radius 3 is 2.30 bits per heavy atom. The standard InChI is InChI=1S/C24H18FNO4/c1-14-5-3-4-6-21(14)26-22(27)19-12-9-17(13-20(19)23(26)28)24(29)30-15(2)16-7-10-18(25)11-8-16/h3-13,15H,1-2H3/t15-/m0/s1. The number of ether oxygens (including phenoxy) is 1. The zero-order valence-corrected chi connectivity index (χ0v) is 16.4. The Balaban J connectivity index is 1.59. The van der Waals surface area contributed by atoms with Crippen LogP contribution in [-0.4, -0.2) is 17.8 Å². The average Bonchev–Trinajstić information content (AvgIpc) is 2.98. The van der Waals surface area contributed by atoms with Crippen molar-refractivity contribution in [3.8, 4) is 0 Å². The molecule has 0 aliphatic carbocycles. The van der Waals surface area contributed by atoms with Crippen molar-refractivity contribution >= 4 is 23.5 Å². The number of imide groups is 1. The first-order valence-corrected chi connectivity index (χ1v) is 9.41. The molecule has 1 aliphatic heterocycles. The molecular formula is C24H18FNO4. The third-order valence-corrected chi connectivity index (χ3v) is 5.10. The van der Waals surface area contributed by atoms with Crippen LogP contribution < -0.4 is 4.90 Å². The highest BCUT2D eigenvalue weighted by atomic mass is 19.1. The van der Waals surface area contributed by atoms with Gasteiger partial charge in [-0.05, 0) is 61.4 Å². The number of hydrogen-bond acceptors (Lipinski definition) is 4. The third kappa shape index (κ3) is 3.37. The van der Waals surface area contributed by atoms with E-state index in [9.17, 15) is 18.8 Å². The second-order valence-electron chi connectivity index (χ2n) is 7.09. The molecule has 3 aromatic carbocycles. The van der Waals surface area contributed by atoms with Crippen LogP contribution in [0.4, 0.5) is 10.1 Å². The molecule has 0 fully saturated rings. The fraction of sp³-hybridized carbons (Fsp3) is 0.125. The van der Waals surface area contributed by atoms with E-state index in [1.54, 1.807) is 19.1 Å². The fourth-order valence-corrected chi connectivity index (χ4v) is 3.43. The Kier molecular flexibility index (Phi) is 4.91. The van der Waals surface area contributed by atoms with E-state index in [1.807, 2.05) is 19.1 Å². The van der Waals surface area contributed by atoms with Crippen LogP contribution in [-0.2, 0) is 4.74 Å². The number of amides is 2. The van der Waals surface area contributed by atoms with Gasteiger partial charge in [0.15, 0.2) is 0 Å². The molecule has 4 rings (SSSR count). The molecule has 0 saturated heterocycles. The van der Waals surface area contributed by atoms with Gasteiger partial charge < -0.3 is 4.74 Å². The third-order valence-electron chi connectivity index (χ3n) is 5.10. The Morgan fingerprint density at radius 1 is 0.933 bits per heavy atom. The molecule has 3 aromatic rings. The lowest BCUT2D eigenvalue weighted by atomic mass is 10.1. The minimum Gasteiger partial charge on any atom is -0.454 e. The van der Waals surface area contributed by atoms with Gasteiger partial charge in [0.05, 0.1) is 22.4 Å². The number of rotatable bonds is 4. The molecule has 1 atom stereocenters. The van der Waals surface area contributed by atoms with E-state index < -0.39 is 23.9 Å². The molecule has 1 aliphatic rings. The van der Waals surface area contributed by atoms with Crippen molar-refractivity contribution in [3.05, 3.63) is 100 Å². The molecule has 0 saturated carbocycles. The first kappa shape index (κ1) is 19.5. The molecule has 5 nitrogen and oxygen atoms in total. The normalized spacial score (nSPS) is 13.9. The van der Waals surface area contributed by atoms with Crippen molar-refractivity contribution < 1.29 is 23.5 Å². The van der Waals surface area contributed by atoms with Gasteiger partial charge in [-0.25, -0.2) is 14.1 Å². The maximum Gasteiger partial charge on any atom is 0.338 e. The van der Waals surface area contributed by atoms with Crippen molar-refractivity contribution in [2.24, 2.45) is 0 Å². The second kappa shape index (κ2) is 7.55. The van der Waals surface area contributed by atoms with Gasteiger partial charge >= 0.3 is 5.97 Å². The SMILES string of the molecule is Cc1ccccc1N1C(=O)c2ccc(C(=O)O[C@@H](C)c3ccc(F)cc3)cc2C1=O. The summed E-state index contributed by atoms with van der Waals surface area (Å²) in [7, 11) is 0. The number of carbonyl (C=O) groups is 3. The van der Waals surface area contributed by atoms with Gasteiger partial charge in [-0.3, -0.25) is 9.59 Å². The van der Waals surface area contributed by atoms with Gasteiger partial charge in [-0.2, -0.15) is 0 Å². The Morgan fingerprint density at radius 2 is 1.60 bits per heavy atom. The van der Waals surface area contributed by atoms with Crippen LogP contribution in [0.15, 0.2) is 66.7 Å². The molecule has 150 valence electrons. The summed E-state index contributed by atoms with van der Waals surface area (Å²) in [5.74, 6) is -1.92. The predicted octanol–water partition coefficient (Wildman–Crippen LogP) is 4.85. The van der Waals surface area contributed by atoms with Crippen LogP contribution in [0.5, 0.6) is 0 Å². The van der Waals surface area contributed by atoms with Gasteiger partial charge in [-0.15, -0.1) is 0 Å². The van der Waals surface area contributed by atoms with Crippen molar-refractivity contribution in [2.75, 3.05) is 4.90 Å². The first-order chi connectivity index (χ1) is 14.4. The van der Waals surface area contributed by atoms with E-state index >= 15 is 0 Å². The smallest absolute Gasteiger partial charge is 0.338 e. The van der Waals surface area contributed by atoms with E-state index in [2.05, 4.69) is 0 Å². The first-order valence-electron chi connectivity index (χ1n) is 9.41. The van der Waals surface area contributed by atoms with Crippen LogP contribution in [0.3, 0.4) is 0 Å². The van der Waals surface area contributed by atoms with Gasteiger partial charge in [0.25, 0.3) is 11.8 Å². The highest BCUT2D eigenvalue weighted by Gasteiger charge is 2.37. The quantitative estimate of drug-likeness (QED) is 0.461.